The number of carbonyl (C=O) groups excluding carboxylic acids is 4. The molecule has 3 saturated heterocycles. The van der Waals surface area contributed by atoms with Crippen LogP contribution in [0.4, 0.5) is 5.69 Å². The molecule has 3 aliphatic heterocycles. The molecule has 268 valence electrons. The molecule has 11 heteroatoms. The van der Waals surface area contributed by atoms with Gasteiger partial charge in [-0.25, -0.2) is 0 Å². The van der Waals surface area contributed by atoms with Gasteiger partial charge in [0.15, 0.2) is 0 Å². The van der Waals surface area contributed by atoms with Gasteiger partial charge >= 0.3 is 5.97 Å². The van der Waals surface area contributed by atoms with Crippen molar-refractivity contribution in [3.05, 3.63) is 85.5 Å². The topological polar surface area (TPSA) is 135 Å². The molecule has 2 aromatic carbocycles. The number of likely N-dealkylation sites (tertiary alicyclic amines) is 1. The fourth-order valence-corrected chi connectivity index (χ4v) is 7.73. The Morgan fingerprint density at radius 3 is 2.50 bits per heavy atom. The van der Waals surface area contributed by atoms with Gasteiger partial charge in [-0.05, 0) is 61.9 Å². The molecule has 3 heterocycles. The Morgan fingerprint density at radius 2 is 1.82 bits per heavy atom. The number of methoxy groups -OCH3 is 1. The predicted octanol–water partition coefficient (Wildman–Crippen LogP) is 4.51. The standard InChI is InChI=1S/C39H49N3O8/c1-4-6-16-32(44)49-26-30(27-14-10-9-11-15-27)40-36(45)33-31-21-22-39(50-31)34(33)37(46)42(24-12-7-8-13-25-43)35(39)38(47)41(23-5-2)28-17-19-29(48-3)20-18-28/h4-5,9-11,14-15,17-20,30-31,33-35,43H,1-2,6-8,12-13,16,21-26H2,3H3,(H,40,45)/t30-,31-,33+,34+,35-,39+/m1/s1. The van der Waals surface area contributed by atoms with Crippen molar-refractivity contribution < 1.29 is 38.5 Å². The van der Waals surface area contributed by atoms with E-state index in [0.29, 0.717) is 50.1 Å². The number of anilines is 1. The molecule has 5 rings (SSSR count). The van der Waals surface area contributed by atoms with E-state index in [1.807, 2.05) is 30.3 Å². The van der Waals surface area contributed by atoms with Crippen molar-refractivity contribution >= 4 is 29.4 Å². The van der Waals surface area contributed by atoms with Crippen molar-refractivity contribution in [2.24, 2.45) is 11.8 Å². The maximum absolute atomic E-state index is 14.8. The van der Waals surface area contributed by atoms with E-state index in [-0.39, 0.29) is 43.9 Å². The number of aliphatic hydroxyl groups is 1. The Morgan fingerprint density at radius 1 is 1.08 bits per heavy atom. The van der Waals surface area contributed by atoms with Gasteiger partial charge in [0.1, 0.15) is 24.0 Å². The van der Waals surface area contributed by atoms with Gasteiger partial charge in [0.25, 0.3) is 5.91 Å². The number of unbranched alkanes of at least 4 members (excludes halogenated alkanes) is 3. The molecule has 50 heavy (non-hydrogen) atoms. The first kappa shape index (κ1) is 36.8. The Balaban J connectivity index is 1.44. The molecular formula is C39H49N3O8. The van der Waals surface area contributed by atoms with E-state index in [9.17, 15) is 24.3 Å². The molecule has 6 atom stereocenters. The van der Waals surface area contributed by atoms with E-state index in [0.717, 1.165) is 18.4 Å². The summed E-state index contributed by atoms with van der Waals surface area (Å²) in [4.78, 5) is 59.2. The van der Waals surface area contributed by atoms with Gasteiger partial charge in [0.05, 0.1) is 31.1 Å². The third-order valence-corrected chi connectivity index (χ3v) is 10.1. The van der Waals surface area contributed by atoms with Crippen LogP contribution in [0.1, 0.15) is 63.0 Å². The number of nitrogens with zero attached hydrogens (tertiary/aromatic N) is 2. The number of hydrogen-bond acceptors (Lipinski definition) is 8. The van der Waals surface area contributed by atoms with Crippen LogP contribution in [-0.4, -0.2) is 84.9 Å². The molecule has 2 N–H and O–H groups in total. The minimum Gasteiger partial charge on any atom is -0.497 e. The predicted molar refractivity (Wildman–Crippen MR) is 188 cm³/mol. The molecule has 11 nitrogen and oxygen atoms in total. The number of nitrogens with one attached hydrogen (secondary N) is 1. The molecule has 3 fully saturated rings. The van der Waals surface area contributed by atoms with Gasteiger partial charge in [-0.2, -0.15) is 0 Å². The third kappa shape index (κ3) is 7.63. The lowest BCUT2D eigenvalue weighted by atomic mass is 9.70. The highest BCUT2D eigenvalue weighted by atomic mass is 16.5. The Kier molecular flexibility index (Phi) is 12.5. The fourth-order valence-electron chi connectivity index (χ4n) is 7.73. The number of allylic oxidation sites excluding steroid dienone is 1. The minimum absolute atomic E-state index is 0.0762. The van der Waals surface area contributed by atoms with Crippen molar-refractivity contribution in [2.45, 2.75) is 75.2 Å². The van der Waals surface area contributed by atoms with E-state index < -0.39 is 41.6 Å². The van der Waals surface area contributed by atoms with Crippen LogP contribution in [0.2, 0.25) is 0 Å². The lowest BCUT2D eigenvalue weighted by Crippen LogP contribution is -2.56. The molecule has 3 aliphatic rings. The van der Waals surface area contributed by atoms with Crippen LogP contribution < -0.4 is 15.0 Å². The van der Waals surface area contributed by atoms with Crippen molar-refractivity contribution in [3.63, 3.8) is 0 Å². The molecule has 2 bridgehead atoms. The van der Waals surface area contributed by atoms with Crippen LogP contribution in [0, 0.1) is 11.8 Å². The van der Waals surface area contributed by atoms with E-state index in [2.05, 4.69) is 18.5 Å². The summed E-state index contributed by atoms with van der Waals surface area (Å²) in [5, 5.41) is 12.3. The first-order valence-electron chi connectivity index (χ1n) is 17.6. The molecule has 0 unspecified atom stereocenters. The quantitative estimate of drug-likeness (QED) is 0.125. The molecule has 1 spiro atoms. The van der Waals surface area contributed by atoms with Gasteiger partial charge < -0.3 is 34.4 Å². The van der Waals surface area contributed by atoms with Crippen LogP contribution in [0.3, 0.4) is 0 Å². The third-order valence-electron chi connectivity index (χ3n) is 10.1. The summed E-state index contributed by atoms with van der Waals surface area (Å²) in [5.41, 5.74) is 0.198. The average molecular weight is 688 g/mol. The summed E-state index contributed by atoms with van der Waals surface area (Å²) in [5.74, 6) is -2.39. The number of amides is 3. The zero-order valence-corrected chi connectivity index (χ0v) is 28.8. The van der Waals surface area contributed by atoms with Crippen LogP contribution >= 0.6 is 0 Å². The zero-order chi connectivity index (χ0) is 35.7. The normalized spacial score (nSPS) is 24.0. The second kappa shape index (κ2) is 17.0. The maximum Gasteiger partial charge on any atom is 0.306 e. The van der Waals surface area contributed by atoms with Crippen LogP contribution in [0.15, 0.2) is 79.9 Å². The molecular weight excluding hydrogens is 638 g/mol. The molecule has 0 radical (unpaired) electrons. The number of carbonyl (C=O) groups is 4. The lowest BCUT2D eigenvalue weighted by Gasteiger charge is -2.37. The monoisotopic (exact) mass is 687 g/mol. The largest absolute Gasteiger partial charge is 0.497 e. The molecule has 2 aromatic rings. The summed E-state index contributed by atoms with van der Waals surface area (Å²) in [6.45, 7) is 8.08. The van der Waals surface area contributed by atoms with Crippen molar-refractivity contribution in [1.29, 1.82) is 0 Å². The Labute approximate surface area is 294 Å². The van der Waals surface area contributed by atoms with Gasteiger partial charge in [-0.15, -0.1) is 13.2 Å². The summed E-state index contributed by atoms with van der Waals surface area (Å²) in [6.07, 6.45) is 7.24. The average Bonchev–Trinajstić information content (AvgIpc) is 3.78. The summed E-state index contributed by atoms with van der Waals surface area (Å²) in [6, 6.07) is 14.8. The first-order valence-corrected chi connectivity index (χ1v) is 17.6. The second-order valence-corrected chi connectivity index (χ2v) is 13.1. The van der Waals surface area contributed by atoms with E-state index in [1.54, 1.807) is 53.3 Å². The Hall–Kier alpha value is -4.48. The van der Waals surface area contributed by atoms with Crippen molar-refractivity contribution in [2.75, 3.05) is 38.3 Å². The number of benzene rings is 2. The minimum atomic E-state index is -1.18. The highest BCUT2D eigenvalue weighted by molar-refractivity contribution is 6.05. The van der Waals surface area contributed by atoms with Gasteiger partial charge in [0.2, 0.25) is 11.8 Å². The summed E-state index contributed by atoms with van der Waals surface area (Å²) in [7, 11) is 1.57. The van der Waals surface area contributed by atoms with E-state index in [1.165, 1.54) is 0 Å². The lowest BCUT2D eigenvalue weighted by molar-refractivity contribution is -0.146. The number of esters is 1. The van der Waals surface area contributed by atoms with Gasteiger partial charge in [-0.3, -0.25) is 19.2 Å². The zero-order valence-electron chi connectivity index (χ0n) is 28.8. The van der Waals surface area contributed by atoms with E-state index in [4.69, 9.17) is 14.2 Å². The number of ether oxygens (including phenoxy) is 3. The number of rotatable bonds is 19. The highest BCUT2D eigenvalue weighted by Crippen LogP contribution is 2.58. The van der Waals surface area contributed by atoms with Crippen LogP contribution in [0.25, 0.3) is 0 Å². The first-order chi connectivity index (χ1) is 24.3. The van der Waals surface area contributed by atoms with Gasteiger partial charge in [-0.1, -0.05) is 55.3 Å². The van der Waals surface area contributed by atoms with Gasteiger partial charge in [0, 0.05) is 31.8 Å². The van der Waals surface area contributed by atoms with Crippen LogP contribution in [-0.2, 0) is 28.7 Å². The smallest absolute Gasteiger partial charge is 0.306 e. The fraction of sp³-hybridized carbons (Fsp3) is 0.487. The molecule has 0 aliphatic carbocycles. The number of aliphatic hydroxyl groups excluding tert-OH is 1. The highest BCUT2D eigenvalue weighted by Gasteiger charge is 2.74. The maximum atomic E-state index is 14.8. The Bertz CT molecular complexity index is 1510. The summed E-state index contributed by atoms with van der Waals surface area (Å²) < 4.78 is 17.6. The van der Waals surface area contributed by atoms with E-state index >= 15 is 0 Å². The van der Waals surface area contributed by atoms with Crippen molar-refractivity contribution in [3.8, 4) is 5.75 Å². The second-order valence-electron chi connectivity index (χ2n) is 13.1. The number of fused-ring (bicyclic) bond motifs is 1. The van der Waals surface area contributed by atoms with Crippen molar-refractivity contribution in [1.82, 2.24) is 10.2 Å². The molecule has 0 saturated carbocycles. The SMILES string of the molecule is C=CCCC(=O)OC[C@@H](NC(=O)[C@@H]1[C@H]2C(=O)N(CCCCCCO)[C@H](C(=O)N(CC=C)c3ccc(OC)cc3)[C@]23CC[C@H]1O3)c1ccccc1. The number of hydrogen-bond donors (Lipinski definition) is 2. The summed E-state index contributed by atoms with van der Waals surface area (Å²) >= 11 is 0. The molecule has 3 amide bonds. The van der Waals surface area contributed by atoms with Crippen LogP contribution in [0.5, 0.6) is 5.75 Å². The molecule has 0 aromatic heterocycles.